The number of thiazole rings is 1. The molecule has 0 bridgehead atoms. The van der Waals surface area contributed by atoms with Crippen LogP contribution in [0.25, 0.3) is 0 Å². The lowest BCUT2D eigenvalue weighted by Crippen LogP contribution is -2.30. The van der Waals surface area contributed by atoms with Crippen molar-refractivity contribution in [3.8, 4) is 5.75 Å². The van der Waals surface area contributed by atoms with Gasteiger partial charge < -0.3 is 19.7 Å². The molecule has 1 aliphatic rings. The number of hydrogen-bond acceptors (Lipinski definition) is 7. The number of nitrogens with one attached hydrogen (secondary N) is 1. The Morgan fingerprint density at radius 1 is 1.31 bits per heavy atom. The smallest absolute Gasteiger partial charge is 0.357 e. The molecule has 1 N–H and O–H groups in total. The molecule has 0 unspecified atom stereocenters. The average Bonchev–Trinajstić information content (AvgIpc) is 3.28. The number of methoxy groups -OCH3 is 2. The summed E-state index contributed by atoms with van der Waals surface area (Å²) in [5.41, 5.74) is 1.21. The maximum absolute atomic E-state index is 12.6. The zero-order valence-corrected chi connectivity index (χ0v) is 17.4. The molecule has 2 amide bonds. The highest BCUT2D eigenvalue weighted by Crippen LogP contribution is 2.26. The normalized spacial score (nSPS) is 16.0. The van der Waals surface area contributed by atoms with E-state index in [1.165, 1.54) is 18.4 Å². The highest BCUT2D eigenvalue weighted by Gasteiger charge is 2.34. The number of ether oxygens (including phenoxy) is 2. The molecule has 9 heteroatoms. The number of aryl methyl sites for hydroxylation is 1. The van der Waals surface area contributed by atoms with Crippen LogP contribution < -0.4 is 10.1 Å². The van der Waals surface area contributed by atoms with Gasteiger partial charge in [0.05, 0.1) is 20.1 Å². The zero-order chi connectivity index (χ0) is 21.0. The molecule has 1 atom stereocenters. The van der Waals surface area contributed by atoms with E-state index < -0.39 is 11.9 Å². The third-order valence-corrected chi connectivity index (χ3v) is 5.72. The quantitative estimate of drug-likeness (QED) is 0.694. The average molecular weight is 417 g/mol. The number of nitrogens with zero attached hydrogens (tertiary/aromatic N) is 2. The molecule has 8 nitrogen and oxygen atoms in total. The highest BCUT2D eigenvalue weighted by atomic mass is 32.1. The Morgan fingerprint density at radius 3 is 2.79 bits per heavy atom. The fourth-order valence-electron chi connectivity index (χ4n) is 3.27. The lowest BCUT2D eigenvalue weighted by atomic mass is 10.1. The molecule has 2 heterocycles. The summed E-state index contributed by atoms with van der Waals surface area (Å²) in [6, 6.07) is 7.68. The molecule has 1 fully saturated rings. The second-order valence-corrected chi connectivity index (χ2v) is 7.91. The van der Waals surface area contributed by atoms with E-state index in [4.69, 9.17) is 4.74 Å². The molecule has 154 valence electrons. The van der Waals surface area contributed by atoms with E-state index in [0.29, 0.717) is 29.5 Å². The van der Waals surface area contributed by atoms with Gasteiger partial charge in [-0.05, 0) is 25.0 Å². The second kappa shape index (κ2) is 9.04. The van der Waals surface area contributed by atoms with Crippen LogP contribution in [0.2, 0.25) is 0 Å². The van der Waals surface area contributed by atoms with Gasteiger partial charge >= 0.3 is 5.97 Å². The number of amides is 2. The molecule has 1 aromatic carbocycles. The number of likely N-dealkylation sites (tertiary alicyclic amines) is 1. The van der Waals surface area contributed by atoms with Crippen LogP contribution in [0.15, 0.2) is 24.3 Å². The van der Waals surface area contributed by atoms with Gasteiger partial charge in [-0.2, -0.15) is 0 Å². The van der Waals surface area contributed by atoms with Crippen molar-refractivity contribution in [2.24, 2.45) is 5.92 Å². The van der Waals surface area contributed by atoms with E-state index in [-0.39, 0.29) is 23.9 Å². The zero-order valence-electron chi connectivity index (χ0n) is 16.6. The SMILES string of the molecule is COC(=O)c1nc(NC(=O)[C@@H]2CC(=O)N(CCc3ccccc3OC)C2)sc1C. The number of benzene rings is 1. The van der Waals surface area contributed by atoms with E-state index in [2.05, 4.69) is 15.0 Å². The molecule has 1 saturated heterocycles. The first-order chi connectivity index (χ1) is 13.9. The number of para-hydroxylation sites is 1. The number of carbonyl (C=O) groups excluding carboxylic acids is 3. The Morgan fingerprint density at radius 2 is 2.07 bits per heavy atom. The predicted molar refractivity (Wildman–Crippen MR) is 108 cm³/mol. The summed E-state index contributed by atoms with van der Waals surface area (Å²) in [4.78, 5) is 43.1. The van der Waals surface area contributed by atoms with E-state index in [1.54, 1.807) is 18.9 Å². The molecule has 29 heavy (non-hydrogen) atoms. The number of carbonyl (C=O) groups is 3. The van der Waals surface area contributed by atoms with Gasteiger partial charge in [0.15, 0.2) is 10.8 Å². The van der Waals surface area contributed by atoms with Gasteiger partial charge in [0, 0.05) is 24.4 Å². The molecular formula is C20H23N3O5S. The minimum Gasteiger partial charge on any atom is -0.496 e. The van der Waals surface area contributed by atoms with Crippen molar-refractivity contribution < 1.29 is 23.9 Å². The summed E-state index contributed by atoms with van der Waals surface area (Å²) in [5, 5.41) is 3.05. The first-order valence-corrected chi connectivity index (χ1v) is 10.0. The number of rotatable bonds is 7. The molecule has 1 aromatic heterocycles. The van der Waals surface area contributed by atoms with E-state index in [1.807, 2.05) is 24.3 Å². The largest absolute Gasteiger partial charge is 0.496 e. The molecule has 0 radical (unpaired) electrons. The summed E-state index contributed by atoms with van der Waals surface area (Å²) < 4.78 is 10.0. The fourth-order valence-corrected chi connectivity index (χ4v) is 4.08. The number of anilines is 1. The Labute approximate surface area is 172 Å². The van der Waals surface area contributed by atoms with Crippen molar-refractivity contribution in [2.75, 3.05) is 32.6 Å². The topological polar surface area (TPSA) is 97.8 Å². The third-order valence-electron chi connectivity index (χ3n) is 4.83. The first kappa shape index (κ1) is 20.8. The summed E-state index contributed by atoms with van der Waals surface area (Å²) in [6.45, 7) is 2.61. The van der Waals surface area contributed by atoms with Gasteiger partial charge in [-0.1, -0.05) is 18.2 Å². The molecule has 0 spiro atoms. The van der Waals surface area contributed by atoms with Crippen LogP contribution >= 0.6 is 11.3 Å². The van der Waals surface area contributed by atoms with Crippen molar-refractivity contribution in [1.82, 2.24) is 9.88 Å². The summed E-state index contributed by atoms with van der Waals surface area (Å²) in [7, 11) is 2.90. The molecule has 2 aromatic rings. The minimum absolute atomic E-state index is 0.0504. The standard InChI is InChI=1S/C20H23N3O5S/c1-12-17(19(26)28-3)21-20(29-12)22-18(25)14-10-16(24)23(11-14)9-8-13-6-4-5-7-15(13)27-2/h4-7,14H,8-11H2,1-3H3,(H,21,22,25)/t14-/m1/s1. The minimum atomic E-state index is -0.544. The van der Waals surface area contributed by atoms with Crippen molar-refractivity contribution in [3.63, 3.8) is 0 Å². The monoisotopic (exact) mass is 417 g/mol. The highest BCUT2D eigenvalue weighted by molar-refractivity contribution is 7.16. The summed E-state index contributed by atoms with van der Waals surface area (Å²) in [6.07, 6.45) is 0.810. The number of aromatic nitrogens is 1. The van der Waals surface area contributed by atoms with Gasteiger partial charge in [-0.3, -0.25) is 9.59 Å². The summed E-state index contributed by atoms with van der Waals surface area (Å²) in [5.74, 6) is -0.535. The van der Waals surface area contributed by atoms with Crippen molar-refractivity contribution in [3.05, 3.63) is 40.4 Å². The molecule has 0 aliphatic carbocycles. The van der Waals surface area contributed by atoms with Crippen LogP contribution in [0, 0.1) is 12.8 Å². The second-order valence-electron chi connectivity index (χ2n) is 6.71. The Hall–Kier alpha value is -2.94. The van der Waals surface area contributed by atoms with Crippen LogP contribution in [0.4, 0.5) is 5.13 Å². The van der Waals surface area contributed by atoms with Crippen LogP contribution in [-0.2, 0) is 20.7 Å². The van der Waals surface area contributed by atoms with Crippen molar-refractivity contribution >= 4 is 34.3 Å². The van der Waals surface area contributed by atoms with Crippen LogP contribution in [0.1, 0.15) is 27.3 Å². The van der Waals surface area contributed by atoms with E-state index in [9.17, 15) is 14.4 Å². The van der Waals surface area contributed by atoms with Gasteiger partial charge in [0.2, 0.25) is 11.8 Å². The molecular weight excluding hydrogens is 394 g/mol. The fraction of sp³-hybridized carbons (Fsp3) is 0.400. The third kappa shape index (κ3) is 4.73. The van der Waals surface area contributed by atoms with Gasteiger partial charge in [0.1, 0.15) is 5.75 Å². The van der Waals surface area contributed by atoms with Crippen molar-refractivity contribution in [1.29, 1.82) is 0 Å². The number of hydrogen-bond donors (Lipinski definition) is 1. The van der Waals surface area contributed by atoms with Crippen LogP contribution in [-0.4, -0.2) is 55.0 Å². The Kier molecular flexibility index (Phi) is 6.48. The van der Waals surface area contributed by atoms with Crippen molar-refractivity contribution in [2.45, 2.75) is 19.8 Å². The van der Waals surface area contributed by atoms with Crippen LogP contribution in [0.3, 0.4) is 0 Å². The van der Waals surface area contributed by atoms with Gasteiger partial charge in [0.25, 0.3) is 0 Å². The predicted octanol–water partition coefficient (Wildman–Crippen LogP) is 2.28. The van der Waals surface area contributed by atoms with E-state index in [0.717, 1.165) is 11.3 Å². The molecule has 3 rings (SSSR count). The Bertz CT molecular complexity index is 927. The van der Waals surface area contributed by atoms with Crippen LogP contribution in [0.5, 0.6) is 5.75 Å². The maximum atomic E-state index is 12.6. The lowest BCUT2D eigenvalue weighted by Gasteiger charge is -2.17. The summed E-state index contributed by atoms with van der Waals surface area (Å²) >= 11 is 1.20. The van der Waals surface area contributed by atoms with Gasteiger partial charge in [-0.25, -0.2) is 9.78 Å². The van der Waals surface area contributed by atoms with Gasteiger partial charge in [-0.15, -0.1) is 11.3 Å². The molecule has 1 aliphatic heterocycles. The first-order valence-electron chi connectivity index (χ1n) is 9.19. The maximum Gasteiger partial charge on any atom is 0.357 e. The van der Waals surface area contributed by atoms with E-state index >= 15 is 0 Å². The Balaban J connectivity index is 1.58. The number of esters is 1. The molecule has 0 saturated carbocycles. The lowest BCUT2D eigenvalue weighted by molar-refractivity contribution is -0.128.